The Morgan fingerprint density at radius 1 is 0.864 bits per heavy atom. The van der Waals surface area contributed by atoms with Crippen LogP contribution in [0.5, 0.6) is 0 Å². The van der Waals surface area contributed by atoms with E-state index < -0.39 is 0 Å². The Kier molecular flexibility index (Phi) is 9.50. The third-order valence-electron chi connectivity index (χ3n) is 4.90. The second-order valence-electron chi connectivity index (χ2n) is 7.29. The van der Waals surface area contributed by atoms with Gasteiger partial charge in [-0.15, -0.1) is 0 Å². The van der Waals surface area contributed by atoms with Gasteiger partial charge in [0.2, 0.25) is 0 Å². The molecule has 0 saturated heterocycles. The first kappa shape index (κ1) is 19.3. The Labute approximate surface area is 138 Å². The third kappa shape index (κ3) is 6.98. The lowest BCUT2D eigenvalue weighted by Crippen LogP contribution is -2.30. The van der Waals surface area contributed by atoms with Gasteiger partial charge in [0.05, 0.1) is 11.7 Å². The van der Waals surface area contributed by atoms with E-state index in [0.717, 1.165) is 0 Å². The Morgan fingerprint density at radius 2 is 1.36 bits per heavy atom. The average Bonchev–Trinajstić information content (AvgIpc) is 2.94. The highest BCUT2D eigenvalue weighted by Gasteiger charge is 2.26. The molecule has 0 bridgehead atoms. The third-order valence-corrected chi connectivity index (χ3v) is 4.90. The van der Waals surface area contributed by atoms with Crippen molar-refractivity contribution in [3.8, 4) is 0 Å². The van der Waals surface area contributed by atoms with Gasteiger partial charge in [-0.3, -0.25) is 4.68 Å². The van der Waals surface area contributed by atoms with Crippen molar-refractivity contribution in [3.05, 3.63) is 18.0 Å². The molecule has 0 amide bonds. The summed E-state index contributed by atoms with van der Waals surface area (Å²) in [6.07, 6.45) is 20.4. The first-order chi connectivity index (χ1) is 10.6. The van der Waals surface area contributed by atoms with Gasteiger partial charge in [0.25, 0.3) is 0 Å². The van der Waals surface area contributed by atoms with Crippen LogP contribution in [-0.2, 0) is 5.54 Å². The molecular weight excluding hydrogens is 268 g/mol. The lowest BCUT2D eigenvalue weighted by molar-refractivity contribution is 0.227. The van der Waals surface area contributed by atoms with Crippen LogP contribution < -0.4 is 0 Å². The molecule has 0 aliphatic rings. The van der Waals surface area contributed by atoms with E-state index in [1.165, 1.54) is 82.6 Å². The number of hydrogen-bond donors (Lipinski definition) is 0. The van der Waals surface area contributed by atoms with Crippen LogP contribution in [0.2, 0.25) is 0 Å². The fraction of sp³-hybridized carbons (Fsp3) is 0.850. The van der Waals surface area contributed by atoms with Gasteiger partial charge in [0.15, 0.2) is 0 Å². The first-order valence-electron chi connectivity index (χ1n) is 9.64. The molecule has 22 heavy (non-hydrogen) atoms. The zero-order valence-electron chi connectivity index (χ0n) is 15.5. The van der Waals surface area contributed by atoms with Gasteiger partial charge in [-0.25, -0.2) is 0 Å². The Morgan fingerprint density at radius 3 is 1.77 bits per heavy atom. The van der Waals surface area contributed by atoms with Gasteiger partial charge < -0.3 is 0 Å². The van der Waals surface area contributed by atoms with E-state index in [9.17, 15) is 0 Å². The molecule has 0 N–H and O–H groups in total. The molecule has 1 aromatic rings. The number of nitrogens with zero attached hydrogens (tertiary/aromatic N) is 2. The summed E-state index contributed by atoms with van der Waals surface area (Å²) in [5, 5.41) is 4.63. The number of aryl methyl sites for hydroxylation is 1. The molecule has 0 aliphatic carbocycles. The molecule has 0 unspecified atom stereocenters. The van der Waals surface area contributed by atoms with E-state index in [1.54, 1.807) is 0 Å². The van der Waals surface area contributed by atoms with E-state index in [0.29, 0.717) is 0 Å². The van der Waals surface area contributed by atoms with Crippen molar-refractivity contribution in [2.45, 2.75) is 110 Å². The van der Waals surface area contributed by atoms with Crippen molar-refractivity contribution < 1.29 is 0 Å². The van der Waals surface area contributed by atoms with E-state index in [-0.39, 0.29) is 5.54 Å². The number of aromatic nitrogens is 2. The van der Waals surface area contributed by atoms with Crippen molar-refractivity contribution >= 4 is 0 Å². The summed E-state index contributed by atoms with van der Waals surface area (Å²) in [4.78, 5) is 0. The fourth-order valence-corrected chi connectivity index (χ4v) is 3.28. The highest BCUT2D eigenvalue weighted by Crippen LogP contribution is 2.30. The molecule has 0 aromatic carbocycles. The molecule has 2 heteroatoms. The minimum atomic E-state index is 0.215. The monoisotopic (exact) mass is 306 g/mol. The normalized spacial score (nSPS) is 12.0. The summed E-state index contributed by atoms with van der Waals surface area (Å²) in [7, 11) is 0. The maximum absolute atomic E-state index is 4.63. The SMILES string of the molecule is CCCCCCCC(C)(CCCCCCC)n1cc(C)cn1. The number of rotatable bonds is 13. The lowest BCUT2D eigenvalue weighted by Gasteiger charge is -2.30. The molecule has 0 saturated carbocycles. The van der Waals surface area contributed by atoms with Crippen LogP contribution in [-0.4, -0.2) is 9.78 Å². The van der Waals surface area contributed by atoms with Gasteiger partial charge in [-0.1, -0.05) is 78.1 Å². The standard InChI is InChI=1S/C20H38N2/c1-5-7-9-11-13-15-20(4,16-14-12-10-8-6-2)22-18-19(3)17-21-22/h17-18H,5-16H2,1-4H3. The molecule has 0 fully saturated rings. The van der Waals surface area contributed by atoms with Crippen LogP contribution in [0.15, 0.2) is 12.4 Å². The fourth-order valence-electron chi connectivity index (χ4n) is 3.28. The van der Waals surface area contributed by atoms with Gasteiger partial charge in [-0.2, -0.15) is 5.10 Å². The van der Waals surface area contributed by atoms with Crippen molar-refractivity contribution in [3.63, 3.8) is 0 Å². The highest BCUT2D eigenvalue weighted by molar-refractivity contribution is 5.02. The maximum atomic E-state index is 4.63. The summed E-state index contributed by atoms with van der Waals surface area (Å²) in [6, 6.07) is 0. The van der Waals surface area contributed by atoms with Crippen LogP contribution in [0.4, 0.5) is 0 Å². The minimum Gasteiger partial charge on any atom is -0.267 e. The lowest BCUT2D eigenvalue weighted by atomic mass is 9.88. The summed E-state index contributed by atoms with van der Waals surface area (Å²) in [5.74, 6) is 0. The predicted molar refractivity (Wildman–Crippen MR) is 97.4 cm³/mol. The Bertz CT molecular complexity index is 367. The van der Waals surface area contributed by atoms with Crippen molar-refractivity contribution in [2.24, 2.45) is 0 Å². The molecule has 0 aliphatic heterocycles. The zero-order valence-corrected chi connectivity index (χ0v) is 15.5. The number of hydrogen-bond acceptors (Lipinski definition) is 1. The summed E-state index contributed by atoms with van der Waals surface area (Å²) in [6.45, 7) is 9.13. The van der Waals surface area contributed by atoms with Crippen molar-refractivity contribution in [2.75, 3.05) is 0 Å². The highest BCUT2D eigenvalue weighted by atomic mass is 15.3. The van der Waals surface area contributed by atoms with E-state index >= 15 is 0 Å². The molecule has 0 radical (unpaired) electrons. The van der Waals surface area contributed by atoms with Gasteiger partial charge in [0.1, 0.15) is 0 Å². The van der Waals surface area contributed by atoms with E-state index in [4.69, 9.17) is 0 Å². The van der Waals surface area contributed by atoms with Gasteiger partial charge in [-0.05, 0) is 32.3 Å². The largest absolute Gasteiger partial charge is 0.267 e. The van der Waals surface area contributed by atoms with Crippen molar-refractivity contribution in [1.82, 2.24) is 9.78 Å². The van der Waals surface area contributed by atoms with Gasteiger partial charge in [0, 0.05) is 6.20 Å². The van der Waals surface area contributed by atoms with Crippen LogP contribution >= 0.6 is 0 Å². The van der Waals surface area contributed by atoms with E-state index in [1.807, 2.05) is 6.20 Å². The van der Waals surface area contributed by atoms with Crippen LogP contribution in [0.25, 0.3) is 0 Å². The topological polar surface area (TPSA) is 17.8 Å². The summed E-state index contributed by atoms with van der Waals surface area (Å²) < 4.78 is 2.25. The first-order valence-corrected chi connectivity index (χ1v) is 9.64. The molecule has 0 atom stereocenters. The molecule has 128 valence electrons. The Balaban J connectivity index is 2.49. The van der Waals surface area contributed by atoms with Crippen LogP contribution in [0, 0.1) is 6.92 Å². The zero-order chi connectivity index (χ0) is 16.3. The van der Waals surface area contributed by atoms with Gasteiger partial charge >= 0.3 is 0 Å². The quantitative estimate of drug-likeness (QED) is 0.374. The molecule has 2 nitrogen and oxygen atoms in total. The summed E-state index contributed by atoms with van der Waals surface area (Å²) >= 11 is 0. The minimum absolute atomic E-state index is 0.215. The Hall–Kier alpha value is -0.790. The van der Waals surface area contributed by atoms with Crippen LogP contribution in [0.1, 0.15) is 103 Å². The maximum Gasteiger partial charge on any atom is 0.0599 e. The molecule has 1 aromatic heterocycles. The predicted octanol–water partition coefficient (Wildman–Crippen LogP) is 6.63. The molecule has 0 spiro atoms. The number of unbranched alkanes of at least 4 members (excludes halogenated alkanes) is 8. The average molecular weight is 307 g/mol. The summed E-state index contributed by atoms with van der Waals surface area (Å²) in [5.41, 5.74) is 1.50. The molecular formula is C20H38N2. The van der Waals surface area contributed by atoms with E-state index in [2.05, 4.69) is 43.7 Å². The van der Waals surface area contributed by atoms with Crippen molar-refractivity contribution in [1.29, 1.82) is 0 Å². The smallest absolute Gasteiger partial charge is 0.0599 e. The molecule has 1 heterocycles. The second kappa shape index (κ2) is 10.9. The van der Waals surface area contributed by atoms with Crippen LogP contribution in [0.3, 0.4) is 0 Å². The second-order valence-corrected chi connectivity index (χ2v) is 7.29. The molecule has 1 rings (SSSR count).